The number of ether oxygens (including phenoxy) is 1. The van der Waals surface area contributed by atoms with Crippen LogP contribution in [0.25, 0.3) is 0 Å². The van der Waals surface area contributed by atoms with Crippen molar-refractivity contribution in [2.24, 2.45) is 5.92 Å². The number of nitrogens with zero attached hydrogens (tertiary/aromatic N) is 2. The molecular formula is C16H26N4O3. The van der Waals surface area contributed by atoms with E-state index < -0.39 is 5.60 Å². The summed E-state index contributed by atoms with van der Waals surface area (Å²) in [6, 6.07) is 3.10. The van der Waals surface area contributed by atoms with Crippen LogP contribution in [0, 0.1) is 5.92 Å². The van der Waals surface area contributed by atoms with Crippen LogP contribution in [0.2, 0.25) is 0 Å². The molecule has 0 radical (unpaired) electrons. The third-order valence-corrected chi connectivity index (χ3v) is 3.66. The average Bonchev–Trinajstić information content (AvgIpc) is 2.84. The SMILES string of the molecule is CC(C)COc1ccc(NC(=O)NCC2(O)CCN(C)C2)cn1. The van der Waals surface area contributed by atoms with E-state index in [1.807, 2.05) is 11.9 Å². The number of nitrogens with one attached hydrogen (secondary N) is 2. The molecule has 0 spiro atoms. The highest BCUT2D eigenvalue weighted by Gasteiger charge is 2.34. The summed E-state index contributed by atoms with van der Waals surface area (Å²) in [6.45, 7) is 6.37. The molecule has 128 valence electrons. The van der Waals surface area contributed by atoms with Crippen molar-refractivity contribution in [1.82, 2.24) is 15.2 Å². The minimum absolute atomic E-state index is 0.228. The van der Waals surface area contributed by atoms with E-state index >= 15 is 0 Å². The van der Waals surface area contributed by atoms with Gasteiger partial charge in [-0.25, -0.2) is 9.78 Å². The highest BCUT2D eigenvalue weighted by molar-refractivity contribution is 5.89. The number of carbonyl (C=O) groups excluding carboxylic acids is 1. The van der Waals surface area contributed by atoms with E-state index in [2.05, 4.69) is 29.5 Å². The van der Waals surface area contributed by atoms with Crippen molar-refractivity contribution in [2.75, 3.05) is 38.6 Å². The van der Waals surface area contributed by atoms with Gasteiger partial charge in [-0.1, -0.05) is 13.8 Å². The van der Waals surface area contributed by atoms with Crippen LogP contribution in [0.3, 0.4) is 0 Å². The lowest BCUT2D eigenvalue weighted by molar-refractivity contribution is 0.0546. The Balaban J connectivity index is 1.76. The summed E-state index contributed by atoms with van der Waals surface area (Å²) in [4.78, 5) is 18.1. The number of pyridine rings is 1. The summed E-state index contributed by atoms with van der Waals surface area (Å²) in [5.74, 6) is 0.966. The number of β-amino-alcohol motifs (C(OH)–C–C–N with tert-alkyl or cyclic N) is 1. The molecule has 0 bridgehead atoms. The molecule has 3 N–H and O–H groups in total. The van der Waals surface area contributed by atoms with E-state index in [1.54, 1.807) is 18.3 Å². The number of amides is 2. The highest BCUT2D eigenvalue weighted by atomic mass is 16.5. The van der Waals surface area contributed by atoms with Crippen LogP contribution in [0.1, 0.15) is 20.3 Å². The number of carbonyl (C=O) groups is 1. The van der Waals surface area contributed by atoms with E-state index in [9.17, 15) is 9.90 Å². The molecule has 1 saturated heterocycles. The van der Waals surface area contributed by atoms with Crippen LogP contribution >= 0.6 is 0 Å². The Morgan fingerprint density at radius 2 is 2.30 bits per heavy atom. The van der Waals surface area contributed by atoms with E-state index in [4.69, 9.17) is 4.74 Å². The zero-order chi connectivity index (χ0) is 16.9. The van der Waals surface area contributed by atoms with Crippen molar-refractivity contribution >= 4 is 11.7 Å². The first-order chi connectivity index (χ1) is 10.9. The molecule has 0 saturated carbocycles. The molecule has 1 aliphatic rings. The maximum Gasteiger partial charge on any atom is 0.319 e. The molecule has 7 heteroatoms. The molecule has 1 aliphatic heterocycles. The second kappa shape index (κ2) is 7.61. The Morgan fingerprint density at radius 1 is 1.52 bits per heavy atom. The second-order valence-electron chi connectivity index (χ2n) is 6.61. The lowest BCUT2D eigenvalue weighted by Gasteiger charge is -2.22. The average molecular weight is 322 g/mol. The van der Waals surface area contributed by atoms with Crippen LogP contribution in [0.4, 0.5) is 10.5 Å². The summed E-state index contributed by atoms with van der Waals surface area (Å²) >= 11 is 0. The van der Waals surface area contributed by atoms with Gasteiger partial charge in [0.05, 0.1) is 24.1 Å². The van der Waals surface area contributed by atoms with Gasteiger partial charge in [0.1, 0.15) is 0 Å². The predicted molar refractivity (Wildman–Crippen MR) is 88.7 cm³/mol. The number of urea groups is 1. The van der Waals surface area contributed by atoms with Crippen LogP contribution < -0.4 is 15.4 Å². The fraction of sp³-hybridized carbons (Fsp3) is 0.625. The number of likely N-dealkylation sites (tertiary alicyclic amines) is 1. The summed E-state index contributed by atoms with van der Waals surface area (Å²) < 4.78 is 5.49. The molecule has 2 amide bonds. The Morgan fingerprint density at radius 3 is 2.87 bits per heavy atom. The molecule has 23 heavy (non-hydrogen) atoms. The zero-order valence-electron chi connectivity index (χ0n) is 14.0. The molecule has 2 heterocycles. The fourth-order valence-electron chi connectivity index (χ4n) is 2.42. The number of anilines is 1. The molecule has 1 aromatic heterocycles. The van der Waals surface area contributed by atoms with Gasteiger partial charge in [0.15, 0.2) is 0 Å². The molecule has 0 aliphatic carbocycles. The lowest BCUT2D eigenvalue weighted by Crippen LogP contribution is -2.45. The van der Waals surface area contributed by atoms with Crippen molar-refractivity contribution in [3.63, 3.8) is 0 Å². The van der Waals surface area contributed by atoms with Crippen molar-refractivity contribution in [3.8, 4) is 5.88 Å². The van der Waals surface area contributed by atoms with Gasteiger partial charge in [-0.3, -0.25) is 0 Å². The quantitative estimate of drug-likeness (QED) is 0.735. The van der Waals surface area contributed by atoms with Crippen LogP contribution in [0.5, 0.6) is 5.88 Å². The Kier molecular flexibility index (Phi) is 5.79. The van der Waals surface area contributed by atoms with Gasteiger partial charge < -0.3 is 25.4 Å². The van der Waals surface area contributed by atoms with Gasteiger partial charge in [-0.2, -0.15) is 0 Å². The molecule has 7 nitrogen and oxygen atoms in total. The highest BCUT2D eigenvalue weighted by Crippen LogP contribution is 2.18. The number of aromatic nitrogens is 1. The first kappa shape index (κ1) is 17.5. The molecule has 1 atom stereocenters. The van der Waals surface area contributed by atoms with Crippen LogP contribution in [0.15, 0.2) is 18.3 Å². The largest absolute Gasteiger partial charge is 0.477 e. The van der Waals surface area contributed by atoms with Crippen LogP contribution in [-0.4, -0.2) is 59.9 Å². The van der Waals surface area contributed by atoms with E-state index in [-0.39, 0.29) is 12.6 Å². The molecule has 2 rings (SSSR count). The van der Waals surface area contributed by atoms with E-state index in [0.29, 0.717) is 37.1 Å². The van der Waals surface area contributed by atoms with Crippen molar-refractivity contribution < 1.29 is 14.6 Å². The summed E-state index contributed by atoms with van der Waals surface area (Å²) in [5, 5.41) is 15.7. The third kappa shape index (κ3) is 5.69. The van der Waals surface area contributed by atoms with Gasteiger partial charge in [-0.05, 0) is 25.5 Å². The molecular weight excluding hydrogens is 296 g/mol. The summed E-state index contributed by atoms with van der Waals surface area (Å²) in [5.41, 5.74) is -0.270. The smallest absolute Gasteiger partial charge is 0.319 e. The van der Waals surface area contributed by atoms with E-state index in [0.717, 1.165) is 6.54 Å². The second-order valence-corrected chi connectivity index (χ2v) is 6.61. The Hall–Kier alpha value is -1.86. The minimum Gasteiger partial charge on any atom is -0.477 e. The van der Waals surface area contributed by atoms with Crippen molar-refractivity contribution in [3.05, 3.63) is 18.3 Å². The summed E-state index contributed by atoms with van der Waals surface area (Å²) in [6.07, 6.45) is 2.21. The number of rotatable bonds is 6. The normalized spacial score (nSPS) is 21.4. The molecule has 1 aromatic rings. The maximum absolute atomic E-state index is 11.9. The standard InChI is InChI=1S/C16H26N4O3/c1-12(2)9-23-14-5-4-13(8-17-14)19-15(21)18-10-16(22)6-7-20(3)11-16/h4-5,8,12,22H,6-7,9-11H2,1-3H3,(H2,18,19,21). The summed E-state index contributed by atoms with van der Waals surface area (Å²) in [7, 11) is 1.95. The monoisotopic (exact) mass is 322 g/mol. The first-order valence-electron chi connectivity index (χ1n) is 7.91. The molecule has 1 fully saturated rings. The van der Waals surface area contributed by atoms with E-state index in [1.165, 1.54) is 0 Å². The molecule has 0 aromatic carbocycles. The third-order valence-electron chi connectivity index (χ3n) is 3.66. The maximum atomic E-state index is 11.9. The first-order valence-corrected chi connectivity index (χ1v) is 7.91. The van der Waals surface area contributed by atoms with Gasteiger partial charge >= 0.3 is 6.03 Å². The zero-order valence-corrected chi connectivity index (χ0v) is 14.0. The number of likely N-dealkylation sites (N-methyl/N-ethyl adjacent to an activating group) is 1. The fourth-order valence-corrected chi connectivity index (χ4v) is 2.42. The van der Waals surface area contributed by atoms with Gasteiger partial charge in [0.2, 0.25) is 5.88 Å². The number of aliphatic hydroxyl groups is 1. The van der Waals surface area contributed by atoms with Gasteiger partial charge in [0.25, 0.3) is 0 Å². The van der Waals surface area contributed by atoms with Crippen LogP contribution in [-0.2, 0) is 0 Å². The van der Waals surface area contributed by atoms with Gasteiger partial charge in [-0.15, -0.1) is 0 Å². The predicted octanol–water partition coefficient (Wildman–Crippen LogP) is 1.30. The van der Waals surface area contributed by atoms with Crippen molar-refractivity contribution in [2.45, 2.75) is 25.9 Å². The number of hydrogen-bond donors (Lipinski definition) is 3. The molecule has 1 unspecified atom stereocenters. The minimum atomic E-state index is -0.848. The topological polar surface area (TPSA) is 86.7 Å². The van der Waals surface area contributed by atoms with Crippen molar-refractivity contribution in [1.29, 1.82) is 0 Å². The Bertz CT molecular complexity index is 521. The Labute approximate surface area is 137 Å². The number of hydrogen-bond acceptors (Lipinski definition) is 5. The van der Waals surface area contributed by atoms with Gasteiger partial charge in [0, 0.05) is 25.7 Å². The lowest BCUT2D eigenvalue weighted by atomic mass is 10.0.